The second kappa shape index (κ2) is 6.70. The van der Waals surface area contributed by atoms with Crippen LogP contribution in [0, 0.1) is 5.92 Å². The molecule has 20 heavy (non-hydrogen) atoms. The fourth-order valence-electron chi connectivity index (χ4n) is 2.48. The molecule has 1 aromatic rings. The summed E-state index contributed by atoms with van der Waals surface area (Å²) in [6.07, 6.45) is 2.04. The van der Waals surface area contributed by atoms with Crippen molar-refractivity contribution in [1.29, 1.82) is 0 Å². The Kier molecular flexibility index (Phi) is 5.18. The molecule has 0 amide bonds. The summed E-state index contributed by atoms with van der Waals surface area (Å²) in [7, 11) is -3.38. The fraction of sp³-hybridized carbons (Fsp3) is 0.600. The van der Waals surface area contributed by atoms with E-state index in [1.54, 1.807) is 12.1 Å². The predicted octanol–water partition coefficient (Wildman–Crippen LogP) is 2.09. The van der Waals surface area contributed by atoms with Crippen LogP contribution in [0.3, 0.4) is 0 Å². The molecule has 0 bridgehead atoms. The van der Waals surface area contributed by atoms with Gasteiger partial charge in [-0.05, 0) is 55.5 Å². The van der Waals surface area contributed by atoms with Crippen molar-refractivity contribution in [2.75, 3.05) is 19.6 Å². The Morgan fingerprint density at radius 2 is 2.20 bits per heavy atom. The van der Waals surface area contributed by atoms with Crippen LogP contribution in [0.15, 0.2) is 29.2 Å². The summed E-state index contributed by atoms with van der Waals surface area (Å²) in [6.45, 7) is 6.69. The second-order valence-corrected chi connectivity index (χ2v) is 7.54. The van der Waals surface area contributed by atoms with Crippen LogP contribution in [-0.2, 0) is 10.0 Å². The van der Waals surface area contributed by atoms with Crippen LogP contribution >= 0.6 is 0 Å². The minimum Gasteiger partial charge on any atom is -0.316 e. The van der Waals surface area contributed by atoms with Crippen molar-refractivity contribution >= 4 is 10.0 Å². The highest BCUT2D eigenvalue weighted by Crippen LogP contribution is 2.19. The third kappa shape index (κ3) is 4.04. The van der Waals surface area contributed by atoms with Crippen molar-refractivity contribution in [2.24, 2.45) is 5.92 Å². The van der Waals surface area contributed by atoms with Gasteiger partial charge in [-0.25, -0.2) is 13.1 Å². The zero-order valence-electron chi connectivity index (χ0n) is 12.2. The molecule has 1 unspecified atom stereocenters. The first-order valence-electron chi connectivity index (χ1n) is 7.29. The van der Waals surface area contributed by atoms with E-state index in [0.29, 0.717) is 23.3 Å². The molecule has 1 fully saturated rings. The van der Waals surface area contributed by atoms with Gasteiger partial charge in [0.2, 0.25) is 10.0 Å². The standard InChI is InChI=1S/C15H24N2O2S/c1-12(2)14-4-3-5-15(10-14)20(18,19)17-9-7-13-6-8-16-11-13/h3-5,10,12-13,16-17H,6-9,11H2,1-2H3. The number of rotatable bonds is 6. The zero-order chi connectivity index (χ0) is 14.6. The van der Waals surface area contributed by atoms with Gasteiger partial charge in [-0.1, -0.05) is 26.0 Å². The van der Waals surface area contributed by atoms with E-state index >= 15 is 0 Å². The van der Waals surface area contributed by atoms with E-state index in [0.717, 1.165) is 31.5 Å². The minimum atomic E-state index is -3.38. The van der Waals surface area contributed by atoms with Gasteiger partial charge in [0, 0.05) is 6.54 Å². The van der Waals surface area contributed by atoms with E-state index in [2.05, 4.69) is 23.9 Å². The van der Waals surface area contributed by atoms with Gasteiger partial charge in [-0.15, -0.1) is 0 Å². The molecule has 1 aliphatic heterocycles. The lowest BCUT2D eigenvalue weighted by Gasteiger charge is -2.12. The van der Waals surface area contributed by atoms with Crippen LogP contribution in [0.1, 0.15) is 38.2 Å². The lowest BCUT2D eigenvalue weighted by atomic mass is 10.0. The van der Waals surface area contributed by atoms with E-state index in [9.17, 15) is 8.42 Å². The lowest BCUT2D eigenvalue weighted by Crippen LogP contribution is -2.26. The summed E-state index contributed by atoms with van der Waals surface area (Å²) in [4.78, 5) is 0.369. The predicted molar refractivity (Wildman–Crippen MR) is 81.3 cm³/mol. The van der Waals surface area contributed by atoms with Crippen molar-refractivity contribution in [1.82, 2.24) is 10.0 Å². The van der Waals surface area contributed by atoms with Gasteiger partial charge in [0.1, 0.15) is 0 Å². The van der Waals surface area contributed by atoms with Crippen molar-refractivity contribution in [3.05, 3.63) is 29.8 Å². The summed E-state index contributed by atoms with van der Waals surface area (Å²) in [5, 5.41) is 3.29. The first-order chi connectivity index (χ1) is 9.49. The van der Waals surface area contributed by atoms with Crippen molar-refractivity contribution in [3.8, 4) is 0 Å². The highest BCUT2D eigenvalue weighted by molar-refractivity contribution is 7.89. The van der Waals surface area contributed by atoms with Crippen molar-refractivity contribution < 1.29 is 8.42 Å². The molecule has 2 N–H and O–H groups in total. The van der Waals surface area contributed by atoms with Crippen molar-refractivity contribution in [2.45, 2.75) is 37.5 Å². The van der Waals surface area contributed by atoms with E-state index in [1.807, 2.05) is 12.1 Å². The molecule has 112 valence electrons. The van der Waals surface area contributed by atoms with Crippen LogP contribution in [-0.4, -0.2) is 28.1 Å². The van der Waals surface area contributed by atoms with Gasteiger partial charge < -0.3 is 5.32 Å². The van der Waals surface area contributed by atoms with Gasteiger partial charge in [-0.2, -0.15) is 0 Å². The van der Waals surface area contributed by atoms with Gasteiger partial charge in [0.05, 0.1) is 4.90 Å². The molecule has 0 aliphatic carbocycles. The molecule has 0 saturated carbocycles. The van der Waals surface area contributed by atoms with Crippen LogP contribution in [0.5, 0.6) is 0 Å². The van der Waals surface area contributed by atoms with Crippen LogP contribution in [0.2, 0.25) is 0 Å². The summed E-state index contributed by atoms with van der Waals surface area (Å²) >= 11 is 0. The topological polar surface area (TPSA) is 58.2 Å². The lowest BCUT2D eigenvalue weighted by molar-refractivity contribution is 0.519. The van der Waals surface area contributed by atoms with Crippen LogP contribution in [0.4, 0.5) is 0 Å². The summed E-state index contributed by atoms with van der Waals surface area (Å²) in [5.74, 6) is 0.925. The van der Waals surface area contributed by atoms with E-state index in [1.165, 1.54) is 0 Å². The highest BCUT2D eigenvalue weighted by atomic mass is 32.2. The quantitative estimate of drug-likeness (QED) is 0.845. The zero-order valence-corrected chi connectivity index (χ0v) is 13.0. The molecule has 5 heteroatoms. The Hall–Kier alpha value is -0.910. The first kappa shape index (κ1) is 15.5. The number of hydrogen-bond donors (Lipinski definition) is 2. The Labute approximate surface area is 122 Å². The monoisotopic (exact) mass is 296 g/mol. The molecule has 1 heterocycles. The second-order valence-electron chi connectivity index (χ2n) is 5.77. The maximum absolute atomic E-state index is 12.3. The molecular formula is C15H24N2O2S. The molecular weight excluding hydrogens is 272 g/mol. The van der Waals surface area contributed by atoms with E-state index < -0.39 is 10.0 Å². The molecule has 0 aromatic heterocycles. The largest absolute Gasteiger partial charge is 0.316 e. The molecule has 1 atom stereocenters. The Bertz CT molecular complexity index is 535. The van der Waals surface area contributed by atoms with Crippen LogP contribution < -0.4 is 10.0 Å². The number of benzene rings is 1. The average Bonchev–Trinajstić information content (AvgIpc) is 2.92. The normalized spacial score (nSPS) is 19.6. The number of nitrogens with one attached hydrogen (secondary N) is 2. The smallest absolute Gasteiger partial charge is 0.240 e. The summed E-state index contributed by atoms with van der Waals surface area (Å²) in [6, 6.07) is 7.20. The molecule has 2 rings (SSSR count). The summed E-state index contributed by atoms with van der Waals surface area (Å²) in [5.41, 5.74) is 1.05. The first-order valence-corrected chi connectivity index (χ1v) is 8.77. The third-order valence-corrected chi connectivity index (χ3v) is 5.30. The number of sulfonamides is 1. The van der Waals surface area contributed by atoms with E-state index in [-0.39, 0.29) is 0 Å². The van der Waals surface area contributed by atoms with Gasteiger partial charge in [0.25, 0.3) is 0 Å². The van der Waals surface area contributed by atoms with Gasteiger partial charge >= 0.3 is 0 Å². The van der Waals surface area contributed by atoms with E-state index in [4.69, 9.17) is 0 Å². The Balaban J connectivity index is 1.96. The van der Waals surface area contributed by atoms with Gasteiger partial charge in [0.15, 0.2) is 0 Å². The Morgan fingerprint density at radius 3 is 2.85 bits per heavy atom. The highest BCUT2D eigenvalue weighted by Gasteiger charge is 2.17. The summed E-state index contributed by atoms with van der Waals surface area (Å²) < 4.78 is 27.2. The maximum atomic E-state index is 12.3. The third-order valence-electron chi connectivity index (χ3n) is 3.84. The molecule has 1 saturated heterocycles. The molecule has 4 nitrogen and oxygen atoms in total. The fourth-order valence-corrected chi connectivity index (χ4v) is 3.58. The molecule has 1 aromatic carbocycles. The number of hydrogen-bond acceptors (Lipinski definition) is 3. The molecule has 0 radical (unpaired) electrons. The minimum absolute atomic E-state index is 0.328. The van der Waals surface area contributed by atoms with Gasteiger partial charge in [-0.3, -0.25) is 0 Å². The van der Waals surface area contributed by atoms with Crippen LogP contribution in [0.25, 0.3) is 0 Å². The van der Waals surface area contributed by atoms with Crippen molar-refractivity contribution in [3.63, 3.8) is 0 Å². The average molecular weight is 296 g/mol. The maximum Gasteiger partial charge on any atom is 0.240 e. The molecule has 1 aliphatic rings. The SMILES string of the molecule is CC(C)c1cccc(S(=O)(=O)NCCC2CCNC2)c1. The molecule has 0 spiro atoms. The Morgan fingerprint density at radius 1 is 1.40 bits per heavy atom.